The first-order valence-corrected chi connectivity index (χ1v) is 5.68. The molecule has 0 saturated carbocycles. The number of nitrogens with zero attached hydrogens (tertiary/aromatic N) is 3. The molecule has 1 aromatic heterocycles. The van der Waals surface area contributed by atoms with Gasteiger partial charge in [-0.3, -0.25) is 10.1 Å². The van der Waals surface area contributed by atoms with E-state index >= 15 is 0 Å². The van der Waals surface area contributed by atoms with Crippen molar-refractivity contribution in [1.29, 1.82) is 0 Å². The topological polar surface area (TPSA) is 107 Å². The predicted molar refractivity (Wildman–Crippen MR) is 70.3 cm³/mol. The summed E-state index contributed by atoms with van der Waals surface area (Å²) in [6.45, 7) is 0.976. The van der Waals surface area contributed by atoms with Gasteiger partial charge in [-0.15, -0.1) is 0 Å². The summed E-state index contributed by atoms with van der Waals surface area (Å²) < 4.78 is 0. The Morgan fingerprint density at radius 1 is 1.21 bits per heavy atom. The molecule has 0 aliphatic heterocycles. The second kappa shape index (κ2) is 5.87. The van der Waals surface area contributed by atoms with Crippen LogP contribution in [0.2, 0.25) is 0 Å². The van der Waals surface area contributed by atoms with Crippen LogP contribution in [0, 0.1) is 10.1 Å². The minimum atomic E-state index is -0.534. The van der Waals surface area contributed by atoms with Crippen molar-refractivity contribution in [3.05, 3.63) is 57.9 Å². The van der Waals surface area contributed by atoms with Crippen molar-refractivity contribution in [3.63, 3.8) is 0 Å². The Labute approximate surface area is 109 Å². The van der Waals surface area contributed by atoms with Crippen LogP contribution in [0.1, 0.15) is 11.1 Å². The van der Waals surface area contributed by atoms with E-state index in [1.54, 1.807) is 0 Å². The van der Waals surface area contributed by atoms with Crippen molar-refractivity contribution in [2.24, 2.45) is 5.73 Å². The number of nitrogens with one attached hydrogen (secondary N) is 1. The fourth-order valence-corrected chi connectivity index (χ4v) is 1.61. The van der Waals surface area contributed by atoms with Crippen LogP contribution in [0.3, 0.4) is 0 Å². The van der Waals surface area contributed by atoms with Gasteiger partial charge in [0.25, 0.3) is 0 Å². The van der Waals surface area contributed by atoms with Crippen LogP contribution in [0.5, 0.6) is 0 Å². The van der Waals surface area contributed by atoms with Crippen LogP contribution in [0.15, 0.2) is 36.7 Å². The van der Waals surface area contributed by atoms with E-state index in [2.05, 4.69) is 15.3 Å². The van der Waals surface area contributed by atoms with E-state index < -0.39 is 4.92 Å². The summed E-state index contributed by atoms with van der Waals surface area (Å²) in [6, 6.07) is 7.76. The molecule has 0 aliphatic rings. The number of benzene rings is 1. The molecular weight excluding hydrogens is 246 g/mol. The molecule has 0 spiro atoms. The summed E-state index contributed by atoms with van der Waals surface area (Å²) in [5.41, 5.74) is 7.59. The van der Waals surface area contributed by atoms with Gasteiger partial charge in [-0.1, -0.05) is 24.3 Å². The quantitative estimate of drug-likeness (QED) is 0.621. The molecule has 2 rings (SSSR count). The third kappa shape index (κ3) is 3.23. The lowest BCUT2D eigenvalue weighted by molar-refractivity contribution is -0.385. The van der Waals surface area contributed by atoms with E-state index in [1.807, 2.05) is 24.3 Å². The number of rotatable bonds is 5. The number of hydrogen-bond donors (Lipinski definition) is 2. The Kier molecular flexibility index (Phi) is 3.99. The summed E-state index contributed by atoms with van der Waals surface area (Å²) in [5.74, 6) is 0.345. The number of hydrogen-bond acceptors (Lipinski definition) is 6. The van der Waals surface area contributed by atoms with E-state index in [1.165, 1.54) is 12.4 Å². The Morgan fingerprint density at radius 3 is 2.42 bits per heavy atom. The second-order valence-corrected chi connectivity index (χ2v) is 3.85. The van der Waals surface area contributed by atoms with Gasteiger partial charge >= 0.3 is 5.69 Å². The maximum atomic E-state index is 10.5. The van der Waals surface area contributed by atoms with Crippen LogP contribution in [0.25, 0.3) is 0 Å². The van der Waals surface area contributed by atoms with Gasteiger partial charge in [0.15, 0.2) is 0 Å². The fraction of sp³-hybridized carbons (Fsp3) is 0.167. The lowest BCUT2D eigenvalue weighted by atomic mass is 10.1. The molecule has 7 heteroatoms. The predicted octanol–water partition coefficient (Wildman–Crippen LogP) is 1.46. The molecule has 0 saturated heterocycles. The summed E-state index contributed by atoms with van der Waals surface area (Å²) in [4.78, 5) is 17.7. The highest BCUT2D eigenvalue weighted by atomic mass is 16.6. The molecule has 2 aromatic rings. The zero-order valence-electron chi connectivity index (χ0n) is 10.1. The van der Waals surface area contributed by atoms with Gasteiger partial charge in [0.1, 0.15) is 12.4 Å². The maximum absolute atomic E-state index is 10.5. The Balaban J connectivity index is 2.04. The van der Waals surface area contributed by atoms with Crippen molar-refractivity contribution in [2.45, 2.75) is 13.1 Å². The first-order chi connectivity index (χ1) is 9.20. The molecule has 0 fully saturated rings. The first kappa shape index (κ1) is 12.9. The molecule has 1 aromatic carbocycles. The van der Waals surface area contributed by atoms with Crippen molar-refractivity contribution >= 4 is 11.6 Å². The van der Waals surface area contributed by atoms with Crippen molar-refractivity contribution < 1.29 is 4.92 Å². The number of nitrogens with two attached hydrogens (primary N) is 1. The highest BCUT2D eigenvalue weighted by Gasteiger charge is 2.06. The summed E-state index contributed by atoms with van der Waals surface area (Å²) in [5, 5.41) is 13.5. The van der Waals surface area contributed by atoms with Crippen LogP contribution in [-0.4, -0.2) is 14.9 Å². The maximum Gasteiger partial charge on any atom is 0.305 e. The Hall–Kier alpha value is -2.54. The smallest absolute Gasteiger partial charge is 0.305 e. The average molecular weight is 259 g/mol. The standard InChI is InChI=1S/C12H13N5O2/c13-5-9-3-1-2-4-10(9)6-14-12-15-7-11(8-16-12)17(18)19/h1-4,7-8H,5-6,13H2,(H,14,15,16). The SMILES string of the molecule is NCc1ccccc1CNc1ncc([N+](=O)[O-])cn1. The molecule has 0 aliphatic carbocycles. The number of aromatic nitrogens is 2. The van der Waals surface area contributed by atoms with Crippen LogP contribution in [-0.2, 0) is 13.1 Å². The summed E-state index contributed by atoms with van der Waals surface area (Å²) >= 11 is 0. The van der Waals surface area contributed by atoms with E-state index in [9.17, 15) is 10.1 Å². The summed E-state index contributed by atoms with van der Waals surface area (Å²) in [6.07, 6.45) is 2.34. The molecule has 0 radical (unpaired) electrons. The third-order valence-electron chi connectivity index (χ3n) is 2.62. The number of anilines is 1. The highest BCUT2D eigenvalue weighted by molar-refractivity contribution is 5.34. The van der Waals surface area contributed by atoms with Crippen molar-refractivity contribution in [1.82, 2.24) is 9.97 Å². The molecule has 1 heterocycles. The largest absolute Gasteiger partial charge is 0.350 e. The van der Waals surface area contributed by atoms with Crippen molar-refractivity contribution in [3.8, 4) is 0 Å². The zero-order chi connectivity index (χ0) is 13.7. The minimum absolute atomic E-state index is 0.132. The van der Waals surface area contributed by atoms with Crippen molar-refractivity contribution in [2.75, 3.05) is 5.32 Å². The highest BCUT2D eigenvalue weighted by Crippen LogP contribution is 2.11. The van der Waals surface area contributed by atoms with Gasteiger partial charge in [-0.05, 0) is 11.1 Å². The molecule has 19 heavy (non-hydrogen) atoms. The molecule has 7 nitrogen and oxygen atoms in total. The molecular formula is C12H13N5O2. The molecule has 0 bridgehead atoms. The Bertz CT molecular complexity index is 571. The van der Waals surface area contributed by atoms with Gasteiger partial charge < -0.3 is 11.1 Å². The van der Waals surface area contributed by atoms with E-state index in [0.29, 0.717) is 19.0 Å². The minimum Gasteiger partial charge on any atom is -0.350 e. The van der Waals surface area contributed by atoms with Gasteiger partial charge in [0, 0.05) is 13.1 Å². The van der Waals surface area contributed by atoms with Crippen LogP contribution >= 0.6 is 0 Å². The average Bonchev–Trinajstić information content (AvgIpc) is 2.45. The van der Waals surface area contributed by atoms with Gasteiger partial charge in [-0.25, -0.2) is 9.97 Å². The van der Waals surface area contributed by atoms with E-state index in [4.69, 9.17) is 5.73 Å². The van der Waals surface area contributed by atoms with Gasteiger partial charge in [0.05, 0.1) is 4.92 Å². The van der Waals surface area contributed by atoms with Crippen LogP contribution < -0.4 is 11.1 Å². The fourth-order valence-electron chi connectivity index (χ4n) is 1.61. The molecule has 3 N–H and O–H groups in total. The first-order valence-electron chi connectivity index (χ1n) is 5.68. The third-order valence-corrected chi connectivity index (χ3v) is 2.62. The molecule has 98 valence electrons. The van der Waals surface area contributed by atoms with Crippen LogP contribution in [0.4, 0.5) is 11.6 Å². The van der Waals surface area contributed by atoms with Gasteiger partial charge in [-0.2, -0.15) is 0 Å². The van der Waals surface area contributed by atoms with E-state index in [-0.39, 0.29) is 5.69 Å². The molecule has 0 amide bonds. The zero-order valence-corrected chi connectivity index (χ0v) is 10.1. The number of nitro groups is 1. The Morgan fingerprint density at radius 2 is 1.84 bits per heavy atom. The molecule has 0 unspecified atom stereocenters. The lowest BCUT2D eigenvalue weighted by Gasteiger charge is -2.08. The van der Waals surface area contributed by atoms with Gasteiger partial charge in [0.2, 0.25) is 5.95 Å². The normalized spacial score (nSPS) is 10.2. The molecule has 0 atom stereocenters. The van der Waals surface area contributed by atoms with E-state index in [0.717, 1.165) is 11.1 Å². The second-order valence-electron chi connectivity index (χ2n) is 3.85. The lowest BCUT2D eigenvalue weighted by Crippen LogP contribution is -2.08. The summed E-state index contributed by atoms with van der Waals surface area (Å²) in [7, 11) is 0. The monoisotopic (exact) mass is 259 g/mol.